The number of benzene rings is 6. The molecule has 6 aromatic carbocycles. The number of ether oxygens (including phenoxy) is 1. The van der Waals surface area contributed by atoms with Gasteiger partial charge in [-0.3, -0.25) is 43.3 Å². The Labute approximate surface area is 537 Å². The fourth-order valence-corrected chi connectivity index (χ4v) is 10.2. The van der Waals surface area contributed by atoms with Gasteiger partial charge in [0, 0.05) is 82.4 Å². The number of hydrogen-bond acceptors (Lipinski definition) is 16. The molecule has 0 spiro atoms. The summed E-state index contributed by atoms with van der Waals surface area (Å²) in [6.07, 6.45) is 2.38. The third-order valence-corrected chi connectivity index (χ3v) is 15.3. The number of nitrogens with one attached hydrogen (secondary N) is 5. The van der Waals surface area contributed by atoms with Crippen molar-refractivity contribution in [1.29, 1.82) is 0 Å². The summed E-state index contributed by atoms with van der Waals surface area (Å²) in [7, 11) is 0. The predicted molar refractivity (Wildman–Crippen MR) is 345 cm³/mol. The molecule has 470 valence electrons. The van der Waals surface area contributed by atoms with Crippen LogP contribution in [0.15, 0.2) is 206 Å². The van der Waals surface area contributed by atoms with E-state index in [0.29, 0.717) is 37.3 Å². The van der Waals surface area contributed by atoms with Gasteiger partial charge >= 0.3 is 5.97 Å². The van der Waals surface area contributed by atoms with Crippen LogP contribution in [0.25, 0.3) is 0 Å². The largest absolute Gasteiger partial charge is 0.370 e. The number of likely N-dealkylation sites (N-methyl/N-ethyl adjacent to an activating group) is 1. The second-order valence-corrected chi connectivity index (χ2v) is 21.7. The average molecular weight is 1250 g/mol. The zero-order valence-corrected chi connectivity index (χ0v) is 50.8. The monoisotopic (exact) mass is 1250 g/mol. The summed E-state index contributed by atoms with van der Waals surface area (Å²) < 4.78 is 5.47. The Hall–Kier alpha value is -11.3. The summed E-state index contributed by atoms with van der Waals surface area (Å²) in [4.78, 5) is 131. The number of imide groups is 1. The van der Waals surface area contributed by atoms with Crippen LogP contribution in [0.1, 0.15) is 93.4 Å². The van der Waals surface area contributed by atoms with Gasteiger partial charge in [-0.05, 0) is 100.0 Å². The zero-order valence-electron chi connectivity index (χ0n) is 50.8. The van der Waals surface area contributed by atoms with Crippen molar-refractivity contribution in [1.82, 2.24) is 41.6 Å². The molecule has 8 aromatic rings. The molecule has 0 atom stereocenters. The second kappa shape index (κ2) is 31.4. The summed E-state index contributed by atoms with van der Waals surface area (Å²) in [5, 5.41) is 11.2. The number of anilines is 2. The lowest BCUT2D eigenvalue weighted by atomic mass is 9.66. The van der Waals surface area contributed by atoms with Gasteiger partial charge in [-0.2, -0.15) is 5.48 Å². The van der Waals surface area contributed by atoms with E-state index in [1.54, 1.807) is 48.5 Å². The van der Waals surface area contributed by atoms with Crippen LogP contribution in [0.3, 0.4) is 0 Å². The first-order valence-electron chi connectivity index (χ1n) is 30.1. The molecule has 0 unspecified atom stereocenters. The van der Waals surface area contributed by atoms with Crippen molar-refractivity contribution in [2.75, 3.05) is 49.2 Å². The second-order valence-electron chi connectivity index (χ2n) is 21.7. The van der Waals surface area contributed by atoms with E-state index in [1.807, 2.05) is 133 Å². The quantitative estimate of drug-likeness (QED) is 0.0332. The first-order chi connectivity index (χ1) is 45.3. The van der Waals surface area contributed by atoms with Crippen LogP contribution in [0.2, 0.25) is 0 Å². The predicted octanol–water partition coefficient (Wildman–Crippen LogP) is 6.92. The van der Waals surface area contributed by atoms with Crippen molar-refractivity contribution >= 4 is 64.4 Å². The van der Waals surface area contributed by atoms with Gasteiger partial charge in [0.05, 0.1) is 13.2 Å². The molecule has 1 aliphatic carbocycles. The summed E-state index contributed by atoms with van der Waals surface area (Å²) in [6, 6.07) is 59.6. The molecule has 21 nitrogen and oxygen atoms in total. The van der Waals surface area contributed by atoms with Gasteiger partial charge in [-0.25, -0.2) is 14.8 Å². The first-order valence-corrected chi connectivity index (χ1v) is 30.1. The minimum atomic E-state index is -0.637. The number of rotatable bonds is 18. The number of Topliss-reactive ketones (excluding diaryl/α,β-unsaturated/α-hetero) is 2. The Morgan fingerprint density at radius 3 is 1.23 bits per heavy atom. The Morgan fingerprint density at radius 2 is 0.849 bits per heavy atom. The molecule has 0 saturated heterocycles. The number of amides is 6. The van der Waals surface area contributed by atoms with E-state index in [0.717, 1.165) is 38.5 Å². The van der Waals surface area contributed by atoms with E-state index in [2.05, 4.69) is 65.9 Å². The molecule has 93 heavy (non-hydrogen) atoms. The van der Waals surface area contributed by atoms with Crippen molar-refractivity contribution in [3.8, 4) is 0 Å². The molecule has 8 bridgehead atoms. The van der Waals surface area contributed by atoms with Crippen molar-refractivity contribution in [2.45, 2.75) is 46.2 Å². The molecule has 1 saturated carbocycles. The van der Waals surface area contributed by atoms with E-state index in [-0.39, 0.29) is 98.7 Å². The van der Waals surface area contributed by atoms with Crippen LogP contribution < -0.4 is 36.5 Å². The molecule has 6 amide bonds. The molecule has 7 heterocycles. The molecule has 14 rings (SSSR count). The van der Waals surface area contributed by atoms with Crippen LogP contribution in [0.4, 0.5) is 11.4 Å². The Morgan fingerprint density at radius 1 is 0.473 bits per heavy atom. The van der Waals surface area contributed by atoms with Crippen molar-refractivity contribution in [3.63, 3.8) is 0 Å². The minimum Gasteiger partial charge on any atom is -0.370 e. The summed E-state index contributed by atoms with van der Waals surface area (Å²) in [5.41, 5.74) is 11.8. The highest BCUT2D eigenvalue weighted by Gasteiger charge is 2.52. The average Bonchev–Trinajstić information content (AvgIpc) is 1.05. The number of aromatic nitrogens is 2. The van der Waals surface area contributed by atoms with Crippen LogP contribution in [0, 0.1) is 11.8 Å². The fourth-order valence-electron chi connectivity index (χ4n) is 10.2. The van der Waals surface area contributed by atoms with Gasteiger partial charge in [-0.1, -0.05) is 146 Å². The van der Waals surface area contributed by atoms with Gasteiger partial charge in [0.2, 0.25) is 0 Å². The number of hydroxylamine groups is 1. The lowest BCUT2D eigenvalue weighted by molar-refractivity contribution is -0.156. The summed E-state index contributed by atoms with van der Waals surface area (Å²) in [5.74, 6) is -3.20. The molecule has 2 aromatic heterocycles. The highest BCUT2D eigenvalue weighted by molar-refractivity contribution is 6.49. The first kappa shape index (κ1) is 64.7. The highest BCUT2D eigenvalue weighted by atomic mass is 16.7. The van der Waals surface area contributed by atoms with E-state index < -0.39 is 41.4 Å². The standard InChI is InChI=1S/C42H40N4O7.C30H26N6O4/c1-2-44(25-26-52-29-38(49)53-43-23-24-46-36(47)21-22-37(46)48)34-17-13-32(14-18-34)39-41(50)40(42(39)51)33-15-19-35(20-16-33)45(27-30-9-5-3-6-10-30)28-31-11-7-4-8-12-31;37-27-23-3-1-4-24(35-23)28(38)32-16-20-9-13-22(14-10-20)18-34-30(40)26-6-2-5-25(36-26)29(39)33-17-21-11-7-19(8-12-21)15-31-27/h3-22,43H,2,23-29H2,1H3;1-14H,15-18H2,(H,31,37)(H,32,38)(H,33,39)(H,34,40). The molecule has 2 radical (unpaired) electrons. The van der Waals surface area contributed by atoms with Gasteiger partial charge in [0.1, 0.15) is 41.2 Å². The SMILES string of the molecule is CCN(CCOCC(=O)ONCCN1C(=O)C=CC1=O)c1ccc([C]2C(=O)[C](c3ccc(N(Cc4ccccc4)Cc4ccccc4)cc3)C2=O)cc1.O=C1NCc2ccc(cc2)CNC(=O)c2cccc(n2)C(=O)NCc2ccc(cc2)CNC(=O)c2cccc1n2. The Kier molecular flexibility index (Phi) is 21.9. The maximum Gasteiger partial charge on any atom is 0.350 e. The molecular weight excluding hydrogens is 1180 g/mol. The maximum absolute atomic E-state index is 13.3. The smallest absolute Gasteiger partial charge is 0.350 e. The number of carbonyl (C=O) groups excluding carboxylic acids is 9. The van der Waals surface area contributed by atoms with Crippen molar-refractivity contribution in [3.05, 3.63) is 285 Å². The zero-order chi connectivity index (χ0) is 65.1. The number of pyridine rings is 2. The number of ketones is 2. The van der Waals surface area contributed by atoms with Gasteiger partial charge < -0.3 is 40.6 Å². The number of hydrogen-bond donors (Lipinski definition) is 5. The molecule has 5 aliphatic heterocycles. The topological polar surface area (TPSA) is 268 Å². The number of carbonyl (C=O) groups is 9. The van der Waals surface area contributed by atoms with E-state index in [1.165, 1.54) is 23.3 Å². The van der Waals surface area contributed by atoms with Crippen LogP contribution in [0.5, 0.6) is 0 Å². The van der Waals surface area contributed by atoms with Crippen molar-refractivity contribution in [2.24, 2.45) is 0 Å². The van der Waals surface area contributed by atoms with Gasteiger partial charge in [0.25, 0.3) is 35.4 Å². The fraction of sp³-hybridized carbons (Fsp3) is 0.181. The minimum absolute atomic E-state index is 0.0720. The number of nitrogens with zero attached hydrogens (tertiary/aromatic N) is 5. The third-order valence-electron chi connectivity index (χ3n) is 15.3. The van der Waals surface area contributed by atoms with Crippen LogP contribution in [-0.2, 0) is 72.8 Å². The summed E-state index contributed by atoms with van der Waals surface area (Å²) >= 11 is 0. The van der Waals surface area contributed by atoms with Crippen LogP contribution in [-0.4, -0.2) is 107 Å². The molecule has 6 aliphatic rings. The molecule has 5 N–H and O–H groups in total. The Bertz CT molecular complexity index is 3720. The molecule has 1 fully saturated rings. The van der Waals surface area contributed by atoms with Gasteiger partial charge in [0.15, 0.2) is 11.6 Å². The summed E-state index contributed by atoms with van der Waals surface area (Å²) in [6.45, 7) is 5.73. The van der Waals surface area contributed by atoms with E-state index in [9.17, 15) is 43.2 Å². The lowest BCUT2D eigenvalue weighted by Gasteiger charge is -2.32. The normalized spacial score (nSPS) is 14.5. The van der Waals surface area contributed by atoms with Gasteiger partial charge in [-0.15, -0.1) is 0 Å². The maximum atomic E-state index is 13.3. The molecule has 21 heteroatoms. The van der Waals surface area contributed by atoms with Crippen LogP contribution >= 0.6 is 0 Å². The van der Waals surface area contributed by atoms with E-state index >= 15 is 0 Å². The molecular formula is C72H66N10O11. The van der Waals surface area contributed by atoms with Crippen molar-refractivity contribution < 1.29 is 52.7 Å². The highest BCUT2D eigenvalue weighted by Crippen LogP contribution is 2.40. The lowest BCUT2D eigenvalue weighted by Crippen LogP contribution is -2.46. The Balaban J connectivity index is 0.000000211. The third kappa shape index (κ3) is 17.4. The van der Waals surface area contributed by atoms with E-state index in [4.69, 9.17) is 9.57 Å².